The van der Waals surface area contributed by atoms with E-state index in [1.54, 1.807) is 0 Å². The Morgan fingerprint density at radius 1 is 0.615 bits per heavy atom. The molecule has 4 fully saturated rings. The molecule has 6 heteroatoms. The molecule has 0 aromatic rings. The zero-order chi connectivity index (χ0) is 17.9. The second-order valence-electron chi connectivity index (χ2n) is 8.21. The van der Waals surface area contributed by atoms with Crippen molar-refractivity contribution in [3.63, 3.8) is 0 Å². The minimum absolute atomic E-state index is 0.0611. The number of hydrogen-bond acceptors (Lipinski definition) is 6. The van der Waals surface area contributed by atoms with Crippen LogP contribution < -0.4 is 0 Å². The summed E-state index contributed by atoms with van der Waals surface area (Å²) in [5, 5.41) is 0. The van der Waals surface area contributed by atoms with Crippen LogP contribution in [0, 0.1) is 0 Å². The van der Waals surface area contributed by atoms with Crippen molar-refractivity contribution < 1.29 is 28.5 Å². The van der Waals surface area contributed by atoms with Crippen LogP contribution in [-0.2, 0) is 28.5 Å². The lowest BCUT2D eigenvalue weighted by Crippen LogP contribution is -2.17. The fourth-order valence-electron chi connectivity index (χ4n) is 4.34. The summed E-state index contributed by atoms with van der Waals surface area (Å²) >= 11 is 0. The number of carbonyl (C=O) groups excluding carboxylic acids is 2. The third-order valence-corrected chi connectivity index (χ3v) is 5.96. The van der Waals surface area contributed by atoms with Crippen LogP contribution in [0.4, 0.5) is 0 Å². The Labute approximate surface area is 154 Å². The minimum atomic E-state index is -0.0611. The number of rotatable bonds is 11. The second kappa shape index (κ2) is 8.26. The minimum Gasteiger partial charge on any atom is -0.462 e. The second-order valence-corrected chi connectivity index (χ2v) is 8.21. The van der Waals surface area contributed by atoms with E-state index >= 15 is 0 Å². The number of esters is 2. The lowest BCUT2D eigenvalue weighted by Gasteiger charge is -2.13. The van der Waals surface area contributed by atoms with Gasteiger partial charge in [0.05, 0.1) is 24.4 Å². The highest BCUT2D eigenvalue weighted by Crippen LogP contribution is 2.40. The van der Waals surface area contributed by atoms with Gasteiger partial charge in [-0.3, -0.25) is 9.59 Å². The van der Waals surface area contributed by atoms with Crippen molar-refractivity contribution >= 4 is 11.9 Å². The first-order valence-corrected chi connectivity index (χ1v) is 10.4. The molecule has 2 saturated carbocycles. The Hall–Kier alpha value is -1.14. The smallest absolute Gasteiger partial charge is 0.306 e. The number of ether oxygens (including phenoxy) is 4. The molecule has 2 aliphatic carbocycles. The van der Waals surface area contributed by atoms with Gasteiger partial charge in [-0.05, 0) is 12.8 Å². The quantitative estimate of drug-likeness (QED) is 0.318. The molecule has 4 unspecified atom stereocenters. The summed E-state index contributed by atoms with van der Waals surface area (Å²) in [6.45, 7) is 0. The summed E-state index contributed by atoms with van der Waals surface area (Å²) in [7, 11) is 0. The highest BCUT2D eigenvalue weighted by molar-refractivity contribution is 5.69. The molecule has 0 N–H and O–H groups in total. The molecule has 0 aromatic carbocycles. The van der Waals surface area contributed by atoms with Crippen LogP contribution in [0.3, 0.4) is 0 Å². The highest BCUT2D eigenvalue weighted by atomic mass is 16.6. The first-order valence-electron chi connectivity index (χ1n) is 10.4. The van der Waals surface area contributed by atoms with Crippen molar-refractivity contribution in [1.82, 2.24) is 0 Å². The molecule has 0 aromatic heterocycles. The van der Waals surface area contributed by atoms with Gasteiger partial charge >= 0.3 is 11.9 Å². The van der Waals surface area contributed by atoms with E-state index in [0.29, 0.717) is 37.3 Å². The zero-order valence-electron chi connectivity index (χ0n) is 15.4. The molecule has 2 aliphatic heterocycles. The monoisotopic (exact) mass is 366 g/mol. The maximum Gasteiger partial charge on any atom is 0.306 e. The third-order valence-electron chi connectivity index (χ3n) is 5.96. The van der Waals surface area contributed by atoms with Crippen molar-refractivity contribution in [1.29, 1.82) is 0 Å². The summed E-state index contributed by atoms with van der Waals surface area (Å²) in [5.74, 6) is -0.122. The summed E-state index contributed by atoms with van der Waals surface area (Å²) in [6, 6.07) is 0. The first kappa shape index (κ1) is 18.2. The average molecular weight is 366 g/mol. The SMILES string of the molecule is O=C(CCCCCCCCC(=O)OC1CC2OC2C1)OC1CC2OC2C1. The van der Waals surface area contributed by atoms with Gasteiger partial charge in [-0.25, -0.2) is 0 Å². The van der Waals surface area contributed by atoms with Gasteiger partial charge in [0.25, 0.3) is 0 Å². The first-order chi connectivity index (χ1) is 12.7. The number of unbranched alkanes of at least 4 members (excludes halogenated alkanes) is 5. The van der Waals surface area contributed by atoms with Crippen molar-refractivity contribution in [3.05, 3.63) is 0 Å². The largest absolute Gasteiger partial charge is 0.462 e. The number of fused-ring (bicyclic) bond motifs is 2. The molecule has 2 heterocycles. The molecule has 0 bridgehead atoms. The Kier molecular flexibility index (Phi) is 5.79. The molecule has 0 radical (unpaired) electrons. The Morgan fingerprint density at radius 2 is 0.962 bits per heavy atom. The van der Waals surface area contributed by atoms with Gasteiger partial charge in [0.15, 0.2) is 0 Å². The number of epoxide rings is 2. The molecule has 0 spiro atoms. The van der Waals surface area contributed by atoms with Crippen LogP contribution in [0.1, 0.15) is 77.0 Å². The van der Waals surface area contributed by atoms with Crippen LogP contribution in [0.25, 0.3) is 0 Å². The van der Waals surface area contributed by atoms with E-state index in [1.165, 1.54) is 0 Å². The number of hydrogen-bond donors (Lipinski definition) is 0. The van der Waals surface area contributed by atoms with E-state index < -0.39 is 0 Å². The van der Waals surface area contributed by atoms with Crippen LogP contribution in [-0.4, -0.2) is 48.6 Å². The maximum atomic E-state index is 11.8. The molecule has 6 nitrogen and oxygen atoms in total. The molecule has 26 heavy (non-hydrogen) atoms. The van der Waals surface area contributed by atoms with Gasteiger partial charge in [0.2, 0.25) is 0 Å². The maximum absolute atomic E-state index is 11.8. The third kappa shape index (κ3) is 5.19. The predicted molar refractivity (Wildman–Crippen MR) is 92.5 cm³/mol. The molecule has 4 aliphatic rings. The van der Waals surface area contributed by atoms with E-state index in [-0.39, 0.29) is 24.1 Å². The standard InChI is InChI=1S/C20H30O6/c21-19(23-13-9-15-16(10-13)25-15)7-5-3-1-2-4-6-8-20(22)24-14-11-17-18(12-14)26-17/h13-18H,1-12H2. The van der Waals surface area contributed by atoms with E-state index in [9.17, 15) is 9.59 Å². The van der Waals surface area contributed by atoms with Crippen LogP contribution in [0.15, 0.2) is 0 Å². The molecule has 2 saturated heterocycles. The van der Waals surface area contributed by atoms with E-state index in [1.807, 2.05) is 0 Å². The van der Waals surface area contributed by atoms with Crippen molar-refractivity contribution in [2.45, 2.75) is 114 Å². The zero-order valence-corrected chi connectivity index (χ0v) is 15.4. The van der Waals surface area contributed by atoms with Crippen LogP contribution in [0.5, 0.6) is 0 Å². The van der Waals surface area contributed by atoms with E-state index in [0.717, 1.165) is 64.2 Å². The fourth-order valence-corrected chi connectivity index (χ4v) is 4.34. The Bertz CT molecular complexity index is 454. The molecule has 146 valence electrons. The topological polar surface area (TPSA) is 77.7 Å². The van der Waals surface area contributed by atoms with Gasteiger partial charge in [0.1, 0.15) is 12.2 Å². The lowest BCUT2D eigenvalue weighted by molar-refractivity contribution is -0.151. The molecular formula is C20H30O6. The normalized spacial score (nSPS) is 36.3. The summed E-state index contributed by atoms with van der Waals surface area (Å²) in [6.07, 6.45) is 12.3. The van der Waals surface area contributed by atoms with Crippen LogP contribution in [0.2, 0.25) is 0 Å². The Balaban J connectivity index is 0.928. The predicted octanol–water partition coefficient (Wildman–Crippen LogP) is 3.05. The molecule has 4 rings (SSSR count). The van der Waals surface area contributed by atoms with Crippen molar-refractivity contribution in [3.8, 4) is 0 Å². The van der Waals surface area contributed by atoms with Gasteiger partial charge in [0, 0.05) is 38.5 Å². The average Bonchev–Trinajstić information content (AvgIpc) is 3.44. The van der Waals surface area contributed by atoms with Gasteiger partial charge in [-0.15, -0.1) is 0 Å². The van der Waals surface area contributed by atoms with E-state index in [2.05, 4.69) is 0 Å². The van der Waals surface area contributed by atoms with Gasteiger partial charge < -0.3 is 18.9 Å². The molecule has 0 amide bonds. The lowest BCUT2D eigenvalue weighted by atomic mass is 10.1. The summed E-state index contributed by atoms with van der Waals surface area (Å²) in [5.41, 5.74) is 0. The molecular weight excluding hydrogens is 336 g/mol. The van der Waals surface area contributed by atoms with Crippen LogP contribution >= 0.6 is 0 Å². The summed E-state index contributed by atoms with van der Waals surface area (Å²) in [4.78, 5) is 23.5. The van der Waals surface area contributed by atoms with Crippen molar-refractivity contribution in [2.75, 3.05) is 0 Å². The molecule has 4 atom stereocenters. The summed E-state index contributed by atoms with van der Waals surface area (Å²) < 4.78 is 21.6. The van der Waals surface area contributed by atoms with Crippen molar-refractivity contribution in [2.24, 2.45) is 0 Å². The van der Waals surface area contributed by atoms with Gasteiger partial charge in [-0.2, -0.15) is 0 Å². The van der Waals surface area contributed by atoms with E-state index in [4.69, 9.17) is 18.9 Å². The number of carbonyl (C=O) groups is 2. The fraction of sp³-hybridized carbons (Fsp3) is 0.900. The highest BCUT2D eigenvalue weighted by Gasteiger charge is 2.50. The Morgan fingerprint density at radius 3 is 1.35 bits per heavy atom. The van der Waals surface area contributed by atoms with Gasteiger partial charge in [-0.1, -0.05) is 25.7 Å².